The predicted molar refractivity (Wildman–Crippen MR) is 86.3 cm³/mol. The van der Waals surface area contributed by atoms with Crippen LogP contribution in [0.15, 0.2) is 18.2 Å². The van der Waals surface area contributed by atoms with E-state index in [0.717, 1.165) is 11.3 Å². The summed E-state index contributed by atoms with van der Waals surface area (Å²) in [5.74, 6) is -0.118. The molecule has 0 saturated carbocycles. The lowest BCUT2D eigenvalue weighted by Gasteiger charge is -2.08. The lowest BCUT2D eigenvalue weighted by atomic mass is 10.1. The molecule has 128 valence electrons. The normalized spacial score (nSPS) is 10.5. The van der Waals surface area contributed by atoms with Crippen LogP contribution in [0.1, 0.15) is 36.7 Å². The number of nitrogens with one attached hydrogen (secondary N) is 1. The maximum atomic E-state index is 11.8. The van der Waals surface area contributed by atoms with Crippen LogP contribution >= 0.6 is 0 Å². The summed E-state index contributed by atoms with van der Waals surface area (Å²) >= 11 is 0. The first kappa shape index (κ1) is 17.6. The first-order chi connectivity index (χ1) is 11.5. The Labute approximate surface area is 140 Å². The largest absolute Gasteiger partial charge is 0.466 e. The molecule has 2 rings (SSSR count). The van der Waals surface area contributed by atoms with Crippen molar-refractivity contribution >= 4 is 11.9 Å². The first-order valence-electron chi connectivity index (χ1n) is 7.78. The van der Waals surface area contributed by atoms with E-state index in [1.807, 2.05) is 32.0 Å². The Morgan fingerprint density at radius 2 is 2.00 bits per heavy atom. The highest BCUT2D eigenvalue weighted by atomic mass is 16.5. The lowest BCUT2D eigenvalue weighted by Crippen LogP contribution is -2.25. The Balaban J connectivity index is 1.94. The Morgan fingerprint density at radius 1 is 1.21 bits per heavy atom. The van der Waals surface area contributed by atoms with Gasteiger partial charge in [-0.2, -0.15) is 4.68 Å². The van der Waals surface area contributed by atoms with Gasteiger partial charge >= 0.3 is 5.97 Å². The summed E-state index contributed by atoms with van der Waals surface area (Å²) in [6.07, 6.45) is 0.131. The van der Waals surface area contributed by atoms with Gasteiger partial charge in [0.05, 0.1) is 25.3 Å². The van der Waals surface area contributed by atoms with Gasteiger partial charge < -0.3 is 10.1 Å². The number of benzene rings is 1. The Hall–Kier alpha value is -2.77. The number of rotatable bonds is 7. The van der Waals surface area contributed by atoms with Crippen molar-refractivity contribution in [3.8, 4) is 5.69 Å². The zero-order valence-corrected chi connectivity index (χ0v) is 14.1. The minimum atomic E-state index is -0.382. The molecule has 0 aliphatic heterocycles. The quantitative estimate of drug-likeness (QED) is 0.766. The van der Waals surface area contributed by atoms with E-state index in [2.05, 4.69) is 20.8 Å². The van der Waals surface area contributed by atoms with E-state index in [1.54, 1.807) is 11.6 Å². The molecule has 1 aromatic heterocycles. The number of aromatic nitrogens is 4. The maximum Gasteiger partial charge on any atom is 0.306 e. The minimum Gasteiger partial charge on any atom is -0.466 e. The number of nitrogens with zero attached hydrogens (tertiary/aromatic N) is 4. The van der Waals surface area contributed by atoms with Gasteiger partial charge in [-0.1, -0.05) is 6.07 Å². The molecule has 0 fully saturated rings. The summed E-state index contributed by atoms with van der Waals surface area (Å²) in [7, 11) is 0. The van der Waals surface area contributed by atoms with E-state index in [1.165, 1.54) is 5.56 Å². The number of carbonyl (C=O) groups is 2. The van der Waals surface area contributed by atoms with Crippen molar-refractivity contribution in [3.63, 3.8) is 0 Å². The molecule has 1 amide bonds. The summed E-state index contributed by atoms with van der Waals surface area (Å²) in [5.41, 5.74) is 3.15. The van der Waals surface area contributed by atoms with Gasteiger partial charge in [-0.3, -0.25) is 9.59 Å². The zero-order chi connectivity index (χ0) is 17.5. The number of tetrazole rings is 1. The van der Waals surface area contributed by atoms with Crippen LogP contribution in [-0.4, -0.2) is 38.7 Å². The second kappa shape index (κ2) is 8.19. The summed E-state index contributed by atoms with van der Waals surface area (Å²) in [5, 5.41) is 14.3. The first-order valence-corrected chi connectivity index (χ1v) is 7.78. The summed E-state index contributed by atoms with van der Waals surface area (Å²) in [6, 6.07) is 5.90. The van der Waals surface area contributed by atoms with Gasteiger partial charge in [-0.15, -0.1) is 5.10 Å². The van der Waals surface area contributed by atoms with Crippen LogP contribution in [0.25, 0.3) is 5.69 Å². The number of amides is 1. The monoisotopic (exact) mass is 331 g/mol. The van der Waals surface area contributed by atoms with Gasteiger partial charge in [0.15, 0.2) is 5.82 Å². The van der Waals surface area contributed by atoms with Crippen LogP contribution in [0.5, 0.6) is 0 Å². The summed E-state index contributed by atoms with van der Waals surface area (Å²) in [6.45, 7) is 6.26. The molecular formula is C16H21N5O3. The topological polar surface area (TPSA) is 99.0 Å². The van der Waals surface area contributed by atoms with E-state index in [9.17, 15) is 9.59 Å². The number of carbonyl (C=O) groups excluding carboxylic acids is 2. The average Bonchev–Trinajstić information content (AvgIpc) is 3.02. The van der Waals surface area contributed by atoms with Gasteiger partial charge in [0, 0.05) is 6.42 Å². The molecule has 0 unspecified atom stereocenters. The Bertz CT molecular complexity index is 726. The molecule has 0 spiro atoms. The van der Waals surface area contributed by atoms with E-state index in [4.69, 9.17) is 4.74 Å². The third kappa shape index (κ3) is 4.61. The third-order valence-corrected chi connectivity index (χ3v) is 3.57. The lowest BCUT2D eigenvalue weighted by molar-refractivity contribution is -0.144. The summed E-state index contributed by atoms with van der Waals surface area (Å²) < 4.78 is 6.37. The zero-order valence-electron chi connectivity index (χ0n) is 14.1. The fourth-order valence-corrected chi connectivity index (χ4v) is 2.09. The molecule has 8 nitrogen and oxygen atoms in total. The van der Waals surface area contributed by atoms with Crippen molar-refractivity contribution in [2.75, 3.05) is 6.61 Å². The molecular weight excluding hydrogens is 310 g/mol. The van der Waals surface area contributed by atoms with Gasteiger partial charge in [0.2, 0.25) is 5.91 Å². The molecule has 0 bridgehead atoms. The SMILES string of the molecule is CCOC(=O)CCC(=O)NCc1nnnn1-c1ccc(C)c(C)c1. The van der Waals surface area contributed by atoms with Crippen molar-refractivity contribution in [3.05, 3.63) is 35.2 Å². The molecule has 0 saturated heterocycles. The average molecular weight is 331 g/mol. The molecule has 1 heterocycles. The fourth-order valence-electron chi connectivity index (χ4n) is 2.09. The van der Waals surface area contributed by atoms with Crippen molar-refractivity contribution in [2.24, 2.45) is 0 Å². The van der Waals surface area contributed by atoms with Crippen LogP contribution in [0, 0.1) is 13.8 Å². The minimum absolute atomic E-state index is 0.0573. The van der Waals surface area contributed by atoms with E-state index in [-0.39, 0.29) is 31.3 Å². The van der Waals surface area contributed by atoms with Crippen molar-refractivity contribution in [1.82, 2.24) is 25.5 Å². The van der Waals surface area contributed by atoms with Gasteiger partial charge in [-0.05, 0) is 54.5 Å². The van der Waals surface area contributed by atoms with Crippen LogP contribution in [0.3, 0.4) is 0 Å². The van der Waals surface area contributed by atoms with Crippen molar-refractivity contribution in [1.29, 1.82) is 0 Å². The van der Waals surface area contributed by atoms with E-state index < -0.39 is 0 Å². The smallest absolute Gasteiger partial charge is 0.306 e. The molecule has 2 aromatic rings. The highest BCUT2D eigenvalue weighted by Gasteiger charge is 2.12. The molecule has 1 aromatic carbocycles. The fraction of sp³-hybridized carbons (Fsp3) is 0.438. The van der Waals surface area contributed by atoms with Crippen LogP contribution in [-0.2, 0) is 20.9 Å². The second-order valence-corrected chi connectivity index (χ2v) is 5.36. The van der Waals surface area contributed by atoms with Crippen molar-refractivity contribution in [2.45, 2.75) is 40.2 Å². The number of ether oxygens (including phenoxy) is 1. The van der Waals surface area contributed by atoms with E-state index in [0.29, 0.717) is 12.4 Å². The van der Waals surface area contributed by atoms with Crippen LogP contribution in [0.4, 0.5) is 0 Å². The van der Waals surface area contributed by atoms with Crippen LogP contribution < -0.4 is 5.32 Å². The Morgan fingerprint density at radius 3 is 2.71 bits per heavy atom. The second-order valence-electron chi connectivity index (χ2n) is 5.36. The maximum absolute atomic E-state index is 11.8. The molecule has 0 aliphatic rings. The highest BCUT2D eigenvalue weighted by Crippen LogP contribution is 2.14. The molecule has 1 N–H and O–H groups in total. The van der Waals surface area contributed by atoms with Gasteiger partial charge in [0.25, 0.3) is 0 Å². The molecule has 24 heavy (non-hydrogen) atoms. The molecule has 0 radical (unpaired) electrons. The number of hydrogen-bond acceptors (Lipinski definition) is 6. The summed E-state index contributed by atoms with van der Waals surface area (Å²) in [4.78, 5) is 23.0. The predicted octanol–water partition coefficient (Wildman–Crippen LogP) is 1.24. The highest BCUT2D eigenvalue weighted by molar-refractivity contribution is 5.81. The number of hydrogen-bond donors (Lipinski definition) is 1. The number of esters is 1. The van der Waals surface area contributed by atoms with E-state index >= 15 is 0 Å². The third-order valence-electron chi connectivity index (χ3n) is 3.57. The standard InChI is InChI=1S/C16H21N5O3/c1-4-24-16(23)8-7-15(22)17-10-14-18-19-20-21(14)13-6-5-11(2)12(3)9-13/h5-6,9H,4,7-8,10H2,1-3H3,(H,17,22). The molecule has 8 heteroatoms. The van der Waals surface area contributed by atoms with Crippen molar-refractivity contribution < 1.29 is 14.3 Å². The van der Waals surface area contributed by atoms with Crippen LogP contribution in [0.2, 0.25) is 0 Å². The van der Waals surface area contributed by atoms with Gasteiger partial charge in [0.1, 0.15) is 0 Å². The molecule has 0 aliphatic carbocycles. The molecule has 0 atom stereocenters. The number of aryl methyl sites for hydroxylation is 2. The van der Waals surface area contributed by atoms with Gasteiger partial charge in [-0.25, -0.2) is 0 Å². The Kier molecular flexibility index (Phi) is 6.00.